The fourth-order valence-corrected chi connectivity index (χ4v) is 2.68. The molecule has 1 N–H and O–H groups in total. The average Bonchev–Trinajstić information content (AvgIpc) is 2.97. The lowest BCUT2D eigenvalue weighted by molar-refractivity contribution is 0.0857. The summed E-state index contributed by atoms with van der Waals surface area (Å²) in [5.41, 5.74) is 0.422. The molecule has 0 radical (unpaired) electrons. The molecule has 0 aromatic carbocycles. The minimum atomic E-state index is -0.323. The van der Waals surface area contributed by atoms with Crippen molar-refractivity contribution in [3.05, 3.63) is 18.0 Å². The molecule has 4 nitrogen and oxygen atoms in total. The van der Waals surface area contributed by atoms with E-state index in [-0.39, 0.29) is 11.3 Å². The van der Waals surface area contributed by atoms with Crippen LogP contribution in [0.2, 0.25) is 0 Å². The molecule has 2 rings (SSSR count). The summed E-state index contributed by atoms with van der Waals surface area (Å²) in [7, 11) is 0. The van der Waals surface area contributed by atoms with Crippen LogP contribution in [0.25, 0.3) is 0 Å². The van der Waals surface area contributed by atoms with Gasteiger partial charge in [0.1, 0.15) is 0 Å². The van der Waals surface area contributed by atoms with Gasteiger partial charge in [0.15, 0.2) is 5.78 Å². The van der Waals surface area contributed by atoms with Crippen LogP contribution in [0.5, 0.6) is 0 Å². The number of aromatic nitrogens is 2. The molecule has 2 heterocycles. The summed E-state index contributed by atoms with van der Waals surface area (Å²) in [4.78, 5) is 12.6. The zero-order valence-corrected chi connectivity index (χ0v) is 10.7. The third kappa shape index (κ3) is 2.27. The number of carbonyl (C=O) groups is 1. The molecular weight excluding hydrogens is 214 g/mol. The monoisotopic (exact) mass is 235 g/mol. The van der Waals surface area contributed by atoms with E-state index in [4.69, 9.17) is 0 Å². The summed E-state index contributed by atoms with van der Waals surface area (Å²) in [5, 5.41) is 7.60. The van der Waals surface area contributed by atoms with Gasteiger partial charge in [-0.15, -0.1) is 0 Å². The number of ketones is 1. The lowest BCUT2D eigenvalue weighted by Crippen LogP contribution is -2.47. The summed E-state index contributed by atoms with van der Waals surface area (Å²) in [6.07, 6.45) is 7.55. The van der Waals surface area contributed by atoms with Crippen molar-refractivity contribution >= 4 is 5.78 Å². The minimum absolute atomic E-state index is 0.219. The fraction of sp³-hybridized carbons (Fsp3) is 0.692. The maximum atomic E-state index is 12.6. The van der Waals surface area contributed by atoms with E-state index in [0.717, 1.165) is 44.3 Å². The Balaban J connectivity index is 2.21. The molecule has 1 aliphatic rings. The number of hydrogen-bond acceptors (Lipinski definition) is 3. The quantitative estimate of drug-likeness (QED) is 0.794. The molecule has 1 saturated heterocycles. The topological polar surface area (TPSA) is 46.9 Å². The minimum Gasteiger partial charge on any atom is -0.305 e. The Morgan fingerprint density at radius 1 is 1.59 bits per heavy atom. The molecule has 17 heavy (non-hydrogen) atoms. The van der Waals surface area contributed by atoms with Gasteiger partial charge in [0.25, 0.3) is 0 Å². The van der Waals surface area contributed by atoms with Gasteiger partial charge in [0.2, 0.25) is 0 Å². The van der Waals surface area contributed by atoms with E-state index in [1.54, 1.807) is 6.20 Å². The fourth-order valence-electron chi connectivity index (χ4n) is 2.68. The second-order valence-electron chi connectivity index (χ2n) is 4.78. The molecule has 1 aromatic rings. The van der Waals surface area contributed by atoms with Crippen molar-refractivity contribution in [2.75, 3.05) is 6.54 Å². The van der Waals surface area contributed by atoms with E-state index in [9.17, 15) is 4.79 Å². The summed E-state index contributed by atoms with van der Waals surface area (Å²) < 4.78 is 1.81. The van der Waals surface area contributed by atoms with Gasteiger partial charge in [-0.2, -0.15) is 5.10 Å². The van der Waals surface area contributed by atoms with Crippen LogP contribution in [0, 0.1) is 0 Å². The van der Waals surface area contributed by atoms with E-state index < -0.39 is 0 Å². The zero-order valence-electron chi connectivity index (χ0n) is 10.7. The number of nitrogens with zero attached hydrogens (tertiary/aromatic N) is 2. The SMILES string of the molecule is CCCC1(C(=O)c2cnn(CC)c2)CCCN1. The van der Waals surface area contributed by atoms with Crippen molar-refractivity contribution in [3.8, 4) is 0 Å². The van der Waals surface area contributed by atoms with Crippen LogP contribution in [0.15, 0.2) is 12.4 Å². The Hall–Kier alpha value is -1.16. The maximum Gasteiger partial charge on any atom is 0.185 e. The highest BCUT2D eigenvalue weighted by atomic mass is 16.1. The van der Waals surface area contributed by atoms with Crippen molar-refractivity contribution < 1.29 is 4.79 Å². The molecule has 0 aliphatic carbocycles. The van der Waals surface area contributed by atoms with Crippen LogP contribution in [0.4, 0.5) is 0 Å². The lowest BCUT2D eigenvalue weighted by atomic mass is 9.85. The maximum absolute atomic E-state index is 12.6. The van der Waals surface area contributed by atoms with Gasteiger partial charge in [-0.1, -0.05) is 13.3 Å². The first-order chi connectivity index (χ1) is 8.22. The molecule has 0 spiro atoms. The molecule has 0 amide bonds. The normalized spacial score (nSPS) is 24.1. The largest absolute Gasteiger partial charge is 0.305 e. The van der Waals surface area contributed by atoms with Gasteiger partial charge in [0.05, 0.1) is 17.3 Å². The van der Waals surface area contributed by atoms with Crippen molar-refractivity contribution in [2.24, 2.45) is 0 Å². The summed E-state index contributed by atoms with van der Waals surface area (Å²) in [6, 6.07) is 0. The van der Waals surface area contributed by atoms with Crippen molar-refractivity contribution in [1.82, 2.24) is 15.1 Å². The van der Waals surface area contributed by atoms with Crippen molar-refractivity contribution in [3.63, 3.8) is 0 Å². The van der Waals surface area contributed by atoms with Gasteiger partial charge in [0, 0.05) is 12.7 Å². The average molecular weight is 235 g/mol. The van der Waals surface area contributed by atoms with Gasteiger partial charge in [-0.25, -0.2) is 0 Å². The van der Waals surface area contributed by atoms with E-state index in [1.165, 1.54) is 0 Å². The molecular formula is C13H21N3O. The van der Waals surface area contributed by atoms with E-state index in [1.807, 2.05) is 17.8 Å². The number of rotatable bonds is 5. The number of hydrogen-bond donors (Lipinski definition) is 1. The molecule has 1 aromatic heterocycles. The van der Waals surface area contributed by atoms with Crippen LogP contribution < -0.4 is 5.32 Å². The summed E-state index contributed by atoms with van der Waals surface area (Å²) in [6.45, 7) is 5.91. The van der Waals surface area contributed by atoms with Gasteiger partial charge >= 0.3 is 0 Å². The van der Waals surface area contributed by atoms with E-state index in [0.29, 0.717) is 0 Å². The summed E-state index contributed by atoms with van der Waals surface area (Å²) in [5.74, 6) is 0.219. The Labute approximate surface area is 102 Å². The van der Waals surface area contributed by atoms with Crippen LogP contribution in [0.3, 0.4) is 0 Å². The van der Waals surface area contributed by atoms with E-state index in [2.05, 4.69) is 17.3 Å². The Morgan fingerprint density at radius 3 is 2.94 bits per heavy atom. The third-order valence-corrected chi connectivity index (χ3v) is 3.57. The first kappa shape index (κ1) is 12.3. The Bertz CT molecular complexity index is 391. The lowest BCUT2D eigenvalue weighted by Gasteiger charge is -2.26. The first-order valence-electron chi connectivity index (χ1n) is 6.54. The number of Topliss-reactive ketones (excluding diaryl/α,β-unsaturated/α-hetero) is 1. The van der Waals surface area contributed by atoms with Gasteiger partial charge in [-0.05, 0) is 32.7 Å². The number of aryl methyl sites for hydroxylation is 1. The number of nitrogens with one attached hydrogen (secondary N) is 1. The molecule has 1 fully saturated rings. The molecule has 0 saturated carbocycles. The zero-order chi connectivity index (χ0) is 12.3. The van der Waals surface area contributed by atoms with Crippen LogP contribution in [-0.2, 0) is 6.54 Å². The second kappa shape index (κ2) is 5.00. The first-order valence-corrected chi connectivity index (χ1v) is 6.54. The van der Waals surface area contributed by atoms with E-state index >= 15 is 0 Å². The molecule has 4 heteroatoms. The molecule has 1 aliphatic heterocycles. The highest BCUT2D eigenvalue weighted by molar-refractivity contribution is 6.03. The predicted octanol–water partition coefficient (Wildman–Crippen LogP) is 2.01. The smallest absolute Gasteiger partial charge is 0.185 e. The van der Waals surface area contributed by atoms with Crippen LogP contribution in [-0.4, -0.2) is 27.6 Å². The van der Waals surface area contributed by atoms with Crippen LogP contribution >= 0.6 is 0 Å². The van der Waals surface area contributed by atoms with Crippen molar-refractivity contribution in [1.29, 1.82) is 0 Å². The summed E-state index contributed by atoms with van der Waals surface area (Å²) >= 11 is 0. The second-order valence-corrected chi connectivity index (χ2v) is 4.78. The van der Waals surface area contributed by atoms with Gasteiger partial charge < -0.3 is 5.32 Å². The highest BCUT2D eigenvalue weighted by Gasteiger charge is 2.40. The highest BCUT2D eigenvalue weighted by Crippen LogP contribution is 2.28. The van der Waals surface area contributed by atoms with Crippen LogP contribution in [0.1, 0.15) is 49.9 Å². The van der Waals surface area contributed by atoms with Crippen molar-refractivity contribution in [2.45, 2.75) is 51.6 Å². The Kier molecular flexibility index (Phi) is 3.62. The standard InChI is InChI=1S/C13H21N3O/c1-3-6-13(7-5-8-14-13)12(17)11-9-15-16(4-2)10-11/h9-10,14H,3-8H2,1-2H3. The number of carbonyl (C=O) groups excluding carboxylic acids is 1. The molecule has 1 atom stereocenters. The predicted molar refractivity (Wildman–Crippen MR) is 67.1 cm³/mol. The molecule has 94 valence electrons. The molecule has 1 unspecified atom stereocenters. The Morgan fingerprint density at radius 2 is 2.41 bits per heavy atom. The molecule has 0 bridgehead atoms. The third-order valence-electron chi connectivity index (χ3n) is 3.57. The van der Waals surface area contributed by atoms with Gasteiger partial charge in [-0.3, -0.25) is 9.48 Å².